The summed E-state index contributed by atoms with van der Waals surface area (Å²) in [5.74, 6) is 0.960. The molecule has 0 unspecified atom stereocenters. The van der Waals surface area contributed by atoms with Crippen molar-refractivity contribution in [2.45, 2.75) is 25.7 Å². The van der Waals surface area contributed by atoms with Gasteiger partial charge in [-0.2, -0.15) is 0 Å². The maximum atomic E-state index is 5.48. The van der Waals surface area contributed by atoms with Crippen molar-refractivity contribution in [3.8, 4) is 11.3 Å². The molecule has 1 aromatic heterocycles. The SMILES string of the molecule is Brc1ccc(-c2onc3c2CCCC3)cc1. The zero-order valence-corrected chi connectivity index (χ0v) is 10.5. The summed E-state index contributed by atoms with van der Waals surface area (Å²) in [6, 6.07) is 8.21. The van der Waals surface area contributed by atoms with E-state index < -0.39 is 0 Å². The standard InChI is InChI=1S/C13H12BrNO/c14-10-7-5-9(6-8-10)13-11-3-1-2-4-12(11)15-16-13/h5-8H,1-4H2. The van der Waals surface area contributed by atoms with E-state index in [1.54, 1.807) is 0 Å². The molecule has 3 heteroatoms. The molecule has 0 amide bonds. The molecule has 0 aliphatic heterocycles. The van der Waals surface area contributed by atoms with Gasteiger partial charge in [-0.15, -0.1) is 0 Å². The molecule has 3 rings (SSSR count). The van der Waals surface area contributed by atoms with Crippen LogP contribution in [0.5, 0.6) is 0 Å². The first-order valence-corrected chi connectivity index (χ1v) is 6.37. The van der Waals surface area contributed by atoms with E-state index >= 15 is 0 Å². The van der Waals surface area contributed by atoms with Gasteiger partial charge in [0.25, 0.3) is 0 Å². The second kappa shape index (κ2) is 4.06. The fraction of sp³-hybridized carbons (Fsp3) is 0.308. The van der Waals surface area contributed by atoms with Crippen molar-refractivity contribution < 1.29 is 4.52 Å². The molecule has 0 bridgehead atoms. The van der Waals surface area contributed by atoms with Gasteiger partial charge < -0.3 is 4.52 Å². The van der Waals surface area contributed by atoms with Gasteiger partial charge in [0.2, 0.25) is 0 Å². The molecule has 1 aliphatic carbocycles. The predicted molar refractivity (Wildman–Crippen MR) is 66.3 cm³/mol. The Morgan fingerprint density at radius 3 is 2.62 bits per heavy atom. The molecule has 0 N–H and O–H groups in total. The zero-order chi connectivity index (χ0) is 11.0. The van der Waals surface area contributed by atoms with Crippen LogP contribution < -0.4 is 0 Å². The molecule has 0 fully saturated rings. The van der Waals surface area contributed by atoms with Crippen LogP contribution in [0.25, 0.3) is 11.3 Å². The third-order valence-corrected chi connectivity index (χ3v) is 3.59. The fourth-order valence-corrected chi connectivity index (χ4v) is 2.48. The van der Waals surface area contributed by atoms with Crippen LogP contribution in [0.2, 0.25) is 0 Å². The van der Waals surface area contributed by atoms with Gasteiger partial charge in [-0.05, 0) is 37.8 Å². The first-order chi connectivity index (χ1) is 7.84. The number of rotatable bonds is 1. The Bertz CT molecular complexity index is 501. The fourth-order valence-electron chi connectivity index (χ4n) is 2.22. The maximum Gasteiger partial charge on any atom is 0.170 e. The van der Waals surface area contributed by atoms with Crippen LogP contribution in [0.1, 0.15) is 24.1 Å². The highest BCUT2D eigenvalue weighted by Crippen LogP contribution is 2.31. The molecule has 0 saturated carbocycles. The van der Waals surface area contributed by atoms with Gasteiger partial charge in [0.1, 0.15) is 0 Å². The van der Waals surface area contributed by atoms with Gasteiger partial charge >= 0.3 is 0 Å². The first kappa shape index (κ1) is 10.1. The Labute approximate surface area is 103 Å². The third-order valence-electron chi connectivity index (χ3n) is 3.07. The van der Waals surface area contributed by atoms with Gasteiger partial charge in [-0.25, -0.2) is 0 Å². The van der Waals surface area contributed by atoms with Gasteiger partial charge in [0, 0.05) is 15.6 Å². The normalized spacial score (nSPS) is 14.8. The highest BCUT2D eigenvalue weighted by Gasteiger charge is 2.19. The minimum atomic E-state index is 0.960. The van der Waals surface area contributed by atoms with Crippen molar-refractivity contribution in [1.29, 1.82) is 0 Å². The largest absolute Gasteiger partial charge is 0.356 e. The number of benzene rings is 1. The van der Waals surface area contributed by atoms with Crippen molar-refractivity contribution in [2.75, 3.05) is 0 Å². The van der Waals surface area contributed by atoms with Crippen molar-refractivity contribution in [3.05, 3.63) is 40.0 Å². The Morgan fingerprint density at radius 1 is 1.06 bits per heavy atom. The minimum Gasteiger partial charge on any atom is -0.356 e. The van der Waals surface area contributed by atoms with E-state index in [4.69, 9.17) is 4.52 Å². The average Bonchev–Trinajstić information content (AvgIpc) is 2.74. The Hall–Kier alpha value is -1.09. The van der Waals surface area contributed by atoms with E-state index in [1.807, 2.05) is 12.1 Å². The molecule has 1 heterocycles. The van der Waals surface area contributed by atoms with Crippen molar-refractivity contribution >= 4 is 15.9 Å². The molecule has 0 spiro atoms. The van der Waals surface area contributed by atoms with E-state index in [0.717, 1.165) is 34.3 Å². The smallest absolute Gasteiger partial charge is 0.170 e. The molecule has 0 radical (unpaired) electrons. The maximum absolute atomic E-state index is 5.48. The number of aryl methyl sites for hydroxylation is 1. The summed E-state index contributed by atoms with van der Waals surface area (Å²) in [6.07, 6.45) is 4.65. The first-order valence-electron chi connectivity index (χ1n) is 5.58. The highest BCUT2D eigenvalue weighted by molar-refractivity contribution is 9.10. The van der Waals surface area contributed by atoms with E-state index in [9.17, 15) is 0 Å². The van der Waals surface area contributed by atoms with Crippen LogP contribution in [-0.2, 0) is 12.8 Å². The molecule has 1 aromatic carbocycles. The second-order valence-corrected chi connectivity index (χ2v) is 5.07. The minimum absolute atomic E-state index is 0.960. The van der Waals surface area contributed by atoms with Gasteiger partial charge in [0.05, 0.1) is 5.69 Å². The van der Waals surface area contributed by atoms with E-state index in [1.165, 1.54) is 18.4 Å². The summed E-state index contributed by atoms with van der Waals surface area (Å²) >= 11 is 3.44. The molecule has 16 heavy (non-hydrogen) atoms. The van der Waals surface area contributed by atoms with E-state index in [-0.39, 0.29) is 0 Å². The van der Waals surface area contributed by atoms with Gasteiger partial charge in [-0.1, -0.05) is 33.2 Å². The summed E-state index contributed by atoms with van der Waals surface area (Å²) in [6.45, 7) is 0. The molecule has 0 saturated heterocycles. The monoisotopic (exact) mass is 277 g/mol. The summed E-state index contributed by atoms with van der Waals surface area (Å²) in [5, 5.41) is 4.17. The van der Waals surface area contributed by atoms with Gasteiger partial charge in [-0.3, -0.25) is 0 Å². The summed E-state index contributed by atoms with van der Waals surface area (Å²) in [5.41, 5.74) is 3.59. The van der Waals surface area contributed by atoms with E-state index in [0.29, 0.717) is 0 Å². The van der Waals surface area contributed by atoms with Crippen LogP contribution in [0.4, 0.5) is 0 Å². The lowest BCUT2D eigenvalue weighted by atomic mass is 9.94. The van der Waals surface area contributed by atoms with Crippen molar-refractivity contribution in [2.24, 2.45) is 0 Å². The van der Waals surface area contributed by atoms with Crippen molar-refractivity contribution in [3.63, 3.8) is 0 Å². The number of halogens is 1. The number of hydrogen-bond acceptors (Lipinski definition) is 2. The summed E-state index contributed by atoms with van der Waals surface area (Å²) in [4.78, 5) is 0. The van der Waals surface area contributed by atoms with Crippen LogP contribution in [0.15, 0.2) is 33.3 Å². The quantitative estimate of drug-likeness (QED) is 0.788. The second-order valence-electron chi connectivity index (χ2n) is 4.15. The Balaban J connectivity index is 2.06. The summed E-state index contributed by atoms with van der Waals surface area (Å²) in [7, 11) is 0. The predicted octanol–water partition coefficient (Wildman–Crippen LogP) is 3.98. The van der Waals surface area contributed by atoms with Crippen LogP contribution in [-0.4, -0.2) is 5.16 Å². The zero-order valence-electron chi connectivity index (χ0n) is 8.87. The number of aromatic nitrogens is 1. The lowest BCUT2D eigenvalue weighted by molar-refractivity contribution is 0.423. The molecular weight excluding hydrogens is 266 g/mol. The average molecular weight is 278 g/mol. The molecule has 1 aliphatic rings. The van der Waals surface area contributed by atoms with E-state index in [2.05, 4.69) is 33.2 Å². The summed E-state index contributed by atoms with van der Waals surface area (Å²) < 4.78 is 6.57. The molecule has 82 valence electrons. The Morgan fingerprint density at radius 2 is 1.81 bits per heavy atom. The molecule has 0 atom stereocenters. The van der Waals surface area contributed by atoms with Gasteiger partial charge in [0.15, 0.2) is 5.76 Å². The molecule has 2 nitrogen and oxygen atoms in total. The van der Waals surface area contributed by atoms with Crippen LogP contribution >= 0.6 is 15.9 Å². The third kappa shape index (κ3) is 1.69. The van der Waals surface area contributed by atoms with Crippen molar-refractivity contribution in [1.82, 2.24) is 5.16 Å². The number of hydrogen-bond donors (Lipinski definition) is 0. The lowest BCUT2D eigenvalue weighted by Gasteiger charge is -2.09. The lowest BCUT2D eigenvalue weighted by Crippen LogP contribution is -2.01. The Kier molecular flexibility index (Phi) is 2.56. The van der Waals surface area contributed by atoms with Crippen LogP contribution in [0.3, 0.4) is 0 Å². The number of nitrogens with zero attached hydrogens (tertiary/aromatic N) is 1. The number of fused-ring (bicyclic) bond motifs is 1. The molecular formula is C13H12BrNO. The van der Waals surface area contributed by atoms with Crippen LogP contribution in [0, 0.1) is 0 Å². The topological polar surface area (TPSA) is 26.0 Å². The molecule has 2 aromatic rings. The highest BCUT2D eigenvalue weighted by atomic mass is 79.9.